The molecule has 2 N–H and O–H groups in total. The van der Waals surface area contributed by atoms with E-state index in [-0.39, 0.29) is 17.7 Å². The van der Waals surface area contributed by atoms with Gasteiger partial charge < -0.3 is 20.3 Å². The first kappa shape index (κ1) is 33.9. The van der Waals surface area contributed by atoms with Crippen molar-refractivity contribution in [3.63, 3.8) is 0 Å². The minimum absolute atomic E-state index is 0.125. The molecule has 41 heavy (non-hydrogen) atoms. The van der Waals surface area contributed by atoms with Crippen LogP contribution < -0.4 is 10.6 Å². The van der Waals surface area contributed by atoms with Gasteiger partial charge in [-0.25, -0.2) is 4.79 Å². The summed E-state index contributed by atoms with van der Waals surface area (Å²) >= 11 is 0. The van der Waals surface area contributed by atoms with Gasteiger partial charge in [-0.1, -0.05) is 70.0 Å². The molecule has 7 nitrogen and oxygen atoms in total. The fourth-order valence-electron chi connectivity index (χ4n) is 4.85. The maximum atomic E-state index is 14.4. The summed E-state index contributed by atoms with van der Waals surface area (Å²) in [7, 11) is 0. The Balaban J connectivity index is 2.62. The van der Waals surface area contributed by atoms with Crippen LogP contribution in [0.15, 0.2) is 36.4 Å². The van der Waals surface area contributed by atoms with E-state index in [1.54, 1.807) is 25.7 Å². The minimum Gasteiger partial charge on any atom is -0.444 e. The van der Waals surface area contributed by atoms with Gasteiger partial charge in [0, 0.05) is 12.2 Å². The van der Waals surface area contributed by atoms with Crippen LogP contribution in [0.3, 0.4) is 0 Å². The Bertz CT molecular complexity index is 1180. The number of nitrogens with zero attached hydrogens (tertiary/aromatic N) is 1. The number of alkyl carbamates (subject to hydrolysis) is 1. The number of hydrogen-bond donors (Lipinski definition) is 2. The molecule has 0 fully saturated rings. The molecule has 0 spiro atoms. The van der Waals surface area contributed by atoms with Crippen molar-refractivity contribution in [3.05, 3.63) is 64.2 Å². The Morgan fingerprint density at radius 3 is 2.07 bits per heavy atom. The minimum atomic E-state index is -0.882. The summed E-state index contributed by atoms with van der Waals surface area (Å²) in [6.07, 6.45) is 2.39. The van der Waals surface area contributed by atoms with Gasteiger partial charge in [0.05, 0.1) is 0 Å². The number of hydrogen-bond acceptors (Lipinski definition) is 4. The van der Waals surface area contributed by atoms with Gasteiger partial charge in [-0.15, -0.1) is 0 Å². The van der Waals surface area contributed by atoms with E-state index in [4.69, 9.17) is 4.74 Å². The molecule has 0 aliphatic carbocycles. The molecule has 226 valence electrons. The number of benzene rings is 2. The highest BCUT2D eigenvalue weighted by Crippen LogP contribution is 2.29. The number of para-hydroxylation sites is 1. The standard InChI is InChI=1S/C34H51N3O4/c1-11-12-13-19-37(32(39)28(20-22(2)3)35-33(40)41-34(8,9)10)30(27-18-17-23(4)26(7)21-27)31(38)36-29-24(5)15-14-16-25(29)6/h14-18,21-22,28,30H,11-13,19-20H2,1-10H3,(H,35,40)(H,36,38). The molecule has 2 aromatic carbocycles. The Labute approximate surface area is 247 Å². The number of anilines is 1. The third kappa shape index (κ3) is 10.2. The molecule has 7 heteroatoms. The van der Waals surface area contributed by atoms with Crippen molar-refractivity contribution in [2.45, 2.75) is 113 Å². The second-order valence-corrected chi connectivity index (χ2v) is 12.6. The Morgan fingerprint density at radius 2 is 1.54 bits per heavy atom. The molecule has 3 amide bonds. The molecule has 0 saturated carbocycles. The fourth-order valence-corrected chi connectivity index (χ4v) is 4.85. The molecule has 2 aromatic rings. The zero-order valence-electron chi connectivity index (χ0n) is 26.8. The van der Waals surface area contributed by atoms with Gasteiger partial charge in [-0.05, 0) is 95.0 Å². The molecule has 2 rings (SSSR count). The largest absolute Gasteiger partial charge is 0.444 e. The normalized spacial score (nSPS) is 13.0. The van der Waals surface area contributed by atoms with Crippen LogP contribution in [-0.4, -0.2) is 41.0 Å². The van der Waals surface area contributed by atoms with E-state index < -0.39 is 23.8 Å². The first-order valence-corrected chi connectivity index (χ1v) is 14.9. The SMILES string of the molecule is CCCCCN(C(=O)C(CC(C)C)NC(=O)OC(C)(C)C)C(C(=O)Nc1c(C)cccc1C)c1ccc(C)c(C)c1. The monoisotopic (exact) mass is 565 g/mol. The van der Waals surface area contributed by atoms with Crippen LogP contribution in [0.1, 0.15) is 101 Å². The van der Waals surface area contributed by atoms with Crippen LogP contribution >= 0.6 is 0 Å². The van der Waals surface area contributed by atoms with E-state index in [2.05, 4.69) is 17.6 Å². The van der Waals surface area contributed by atoms with Crippen molar-refractivity contribution in [1.29, 1.82) is 0 Å². The molecule has 0 bridgehead atoms. The van der Waals surface area contributed by atoms with Crippen molar-refractivity contribution >= 4 is 23.6 Å². The van der Waals surface area contributed by atoms with E-state index in [9.17, 15) is 14.4 Å². The quantitative estimate of drug-likeness (QED) is 0.260. The van der Waals surface area contributed by atoms with Gasteiger partial charge in [-0.2, -0.15) is 0 Å². The maximum Gasteiger partial charge on any atom is 0.408 e. The van der Waals surface area contributed by atoms with Gasteiger partial charge in [0.2, 0.25) is 5.91 Å². The van der Waals surface area contributed by atoms with E-state index in [1.807, 2.05) is 77.9 Å². The van der Waals surface area contributed by atoms with Gasteiger partial charge in [0.15, 0.2) is 0 Å². The number of unbranched alkanes of at least 4 members (excludes halogenated alkanes) is 2. The third-order valence-electron chi connectivity index (χ3n) is 7.12. The highest BCUT2D eigenvalue weighted by Gasteiger charge is 2.36. The zero-order valence-corrected chi connectivity index (χ0v) is 26.8. The summed E-state index contributed by atoms with van der Waals surface area (Å²) in [5.74, 6) is -0.448. The average molecular weight is 566 g/mol. The van der Waals surface area contributed by atoms with Crippen LogP contribution in [0, 0.1) is 33.6 Å². The fraction of sp³-hybridized carbons (Fsp3) is 0.559. The molecule has 0 radical (unpaired) electrons. The molecule has 0 aliphatic rings. The van der Waals surface area contributed by atoms with Crippen LogP contribution in [0.4, 0.5) is 10.5 Å². The lowest BCUT2D eigenvalue weighted by Crippen LogP contribution is -2.53. The third-order valence-corrected chi connectivity index (χ3v) is 7.12. The lowest BCUT2D eigenvalue weighted by molar-refractivity contribution is -0.141. The highest BCUT2D eigenvalue weighted by atomic mass is 16.6. The van der Waals surface area contributed by atoms with Gasteiger partial charge in [0.25, 0.3) is 5.91 Å². The summed E-state index contributed by atoms with van der Waals surface area (Å²) in [5, 5.41) is 5.97. The molecule has 0 aliphatic heterocycles. The molecule has 0 heterocycles. The summed E-state index contributed by atoms with van der Waals surface area (Å²) in [6, 6.07) is 10.1. The van der Waals surface area contributed by atoms with Crippen molar-refractivity contribution < 1.29 is 19.1 Å². The summed E-state index contributed by atoms with van der Waals surface area (Å²) in [5.41, 5.74) is 4.83. The van der Waals surface area contributed by atoms with Crippen LogP contribution in [0.2, 0.25) is 0 Å². The Morgan fingerprint density at radius 1 is 0.902 bits per heavy atom. The molecular formula is C34H51N3O4. The van der Waals surface area contributed by atoms with E-state index in [0.717, 1.165) is 52.8 Å². The molecular weight excluding hydrogens is 514 g/mol. The van der Waals surface area contributed by atoms with Gasteiger partial charge >= 0.3 is 6.09 Å². The lowest BCUT2D eigenvalue weighted by Gasteiger charge is -2.35. The number of ether oxygens (including phenoxy) is 1. The summed E-state index contributed by atoms with van der Waals surface area (Å²) in [4.78, 5) is 43.1. The Hall–Kier alpha value is -3.35. The highest BCUT2D eigenvalue weighted by molar-refractivity contribution is 6.00. The second kappa shape index (κ2) is 15.0. The number of rotatable bonds is 12. The average Bonchev–Trinajstić information content (AvgIpc) is 2.85. The first-order chi connectivity index (χ1) is 19.1. The van der Waals surface area contributed by atoms with Crippen molar-refractivity contribution in [2.24, 2.45) is 5.92 Å². The first-order valence-electron chi connectivity index (χ1n) is 14.9. The number of amides is 3. The van der Waals surface area contributed by atoms with Crippen molar-refractivity contribution in [1.82, 2.24) is 10.2 Å². The van der Waals surface area contributed by atoms with Crippen LogP contribution in [-0.2, 0) is 14.3 Å². The molecule has 2 atom stereocenters. The Kier molecular flexibility index (Phi) is 12.4. The lowest BCUT2D eigenvalue weighted by atomic mass is 9.96. The molecule has 0 aromatic heterocycles. The smallest absolute Gasteiger partial charge is 0.408 e. The molecule has 2 unspecified atom stereocenters. The van der Waals surface area contributed by atoms with E-state index in [0.29, 0.717) is 13.0 Å². The summed E-state index contributed by atoms with van der Waals surface area (Å²) < 4.78 is 5.50. The number of nitrogens with one attached hydrogen (secondary N) is 2. The van der Waals surface area contributed by atoms with Crippen molar-refractivity contribution in [3.8, 4) is 0 Å². The second-order valence-electron chi connectivity index (χ2n) is 12.6. The van der Waals surface area contributed by atoms with E-state index in [1.165, 1.54) is 0 Å². The number of carbonyl (C=O) groups excluding carboxylic acids is 3. The van der Waals surface area contributed by atoms with Gasteiger partial charge in [0.1, 0.15) is 17.7 Å². The van der Waals surface area contributed by atoms with E-state index >= 15 is 0 Å². The zero-order chi connectivity index (χ0) is 30.9. The van der Waals surface area contributed by atoms with Crippen LogP contribution in [0.25, 0.3) is 0 Å². The van der Waals surface area contributed by atoms with Crippen LogP contribution in [0.5, 0.6) is 0 Å². The topological polar surface area (TPSA) is 87.7 Å². The number of aryl methyl sites for hydroxylation is 4. The summed E-state index contributed by atoms with van der Waals surface area (Å²) in [6.45, 7) is 19.8. The predicted octanol–water partition coefficient (Wildman–Crippen LogP) is 7.56. The van der Waals surface area contributed by atoms with Crippen molar-refractivity contribution in [2.75, 3.05) is 11.9 Å². The maximum absolute atomic E-state index is 14.4. The number of carbonyl (C=O) groups is 3. The predicted molar refractivity (Wildman–Crippen MR) is 167 cm³/mol. The molecule has 0 saturated heterocycles. The van der Waals surface area contributed by atoms with Gasteiger partial charge in [-0.3, -0.25) is 9.59 Å².